The topological polar surface area (TPSA) is 76.5 Å². The van der Waals surface area contributed by atoms with E-state index in [0.717, 1.165) is 5.56 Å². The van der Waals surface area contributed by atoms with E-state index in [1.165, 1.54) is 10.9 Å². The van der Waals surface area contributed by atoms with Crippen molar-refractivity contribution in [3.63, 3.8) is 0 Å². The molecule has 2 aromatic rings. The lowest BCUT2D eigenvalue weighted by atomic mass is 9.87. The Morgan fingerprint density at radius 3 is 2.37 bits per heavy atom. The summed E-state index contributed by atoms with van der Waals surface area (Å²) in [6.07, 6.45) is 1.52. The molecule has 0 radical (unpaired) electrons. The van der Waals surface area contributed by atoms with E-state index < -0.39 is 0 Å². The van der Waals surface area contributed by atoms with E-state index in [2.05, 4.69) is 31.2 Å². The van der Waals surface area contributed by atoms with E-state index >= 15 is 0 Å². The first-order valence-corrected chi connectivity index (χ1v) is 9.08. The summed E-state index contributed by atoms with van der Waals surface area (Å²) >= 11 is 0. The highest BCUT2D eigenvalue weighted by Gasteiger charge is 2.21. The van der Waals surface area contributed by atoms with Crippen molar-refractivity contribution in [1.82, 2.24) is 9.78 Å². The average Bonchev–Trinajstić information content (AvgIpc) is 2.65. The van der Waals surface area contributed by atoms with Crippen molar-refractivity contribution in [2.24, 2.45) is 7.05 Å². The molecular formula is C20H26N4O3. The molecule has 0 spiro atoms. The van der Waals surface area contributed by atoms with E-state index in [-0.39, 0.29) is 16.9 Å². The summed E-state index contributed by atoms with van der Waals surface area (Å²) in [4.78, 5) is 27.3. The number of hydrogen-bond donors (Lipinski definition) is 1. The molecule has 1 fully saturated rings. The molecule has 1 aromatic carbocycles. The molecule has 144 valence electrons. The third kappa shape index (κ3) is 4.19. The summed E-state index contributed by atoms with van der Waals surface area (Å²) < 4.78 is 6.64. The lowest BCUT2D eigenvalue weighted by molar-refractivity contribution is 0.102. The summed E-state index contributed by atoms with van der Waals surface area (Å²) in [5, 5.41) is 6.91. The first kappa shape index (κ1) is 19.1. The zero-order valence-electron chi connectivity index (χ0n) is 16.3. The van der Waals surface area contributed by atoms with Crippen molar-refractivity contribution in [2.75, 3.05) is 36.5 Å². The predicted octanol–water partition coefficient (Wildman–Crippen LogP) is 2.17. The Morgan fingerprint density at radius 2 is 1.78 bits per heavy atom. The maximum absolute atomic E-state index is 12.7. The number of anilines is 2. The fraction of sp³-hybridized carbons (Fsp3) is 0.450. The monoisotopic (exact) mass is 370 g/mol. The van der Waals surface area contributed by atoms with Gasteiger partial charge in [-0.15, -0.1) is 0 Å². The van der Waals surface area contributed by atoms with Crippen molar-refractivity contribution in [2.45, 2.75) is 26.2 Å². The van der Waals surface area contributed by atoms with Crippen LogP contribution in [0.25, 0.3) is 0 Å². The number of aryl methyl sites for hydroxylation is 1. The number of ether oxygens (including phenoxy) is 1. The second-order valence-electron chi connectivity index (χ2n) is 7.72. The quantitative estimate of drug-likeness (QED) is 0.896. The molecule has 1 aliphatic heterocycles. The van der Waals surface area contributed by atoms with Gasteiger partial charge in [0.2, 0.25) is 0 Å². The van der Waals surface area contributed by atoms with Crippen molar-refractivity contribution in [3.8, 4) is 0 Å². The van der Waals surface area contributed by atoms with Crippen LogP contribution in [-0.2, 0) is 17.2 Å². The highest BCUT2D eigenvalue weighted by molar-refractivity contribution is 6.05. The number of carbonyl (C=O) groups excluding carboxylic acids is 1. The largest absolute Gasteiger partial charge is 0.378 e. The molecule has 0 bridgehead atoms. The van der Waals surface area contributed by atoms with Gasteiger partial charge in [0.1, 0.15) is 5.69 Å². The molecule has 1 amide bonds. The number of nitrogens with zero attached hydrogens (tertiary/aromatic N) is 3. The molecule has 0 aliphatic carbocycles. The SMILES string of the molecule is Cn1ncc(NC(=O)c2ccc(C(C)(C)C)cc2)c(N2CCOCC2)c1=O. The van der Waals surface area contributed by atoms with E-state index in [0.29, 0.717) is 43.2 Å². The van der Waals surface area contributed by atoms with E-state index in [9.17, 15) is 9.59 Å². The summed E-state index contributed by atoms with van der Waals surface area (Å²) in [7, 11) is 1.60. The molecule has 27 heavy (non-hydrogen) atoms. The fourth-order valence-electron chi connectivity index (χ4n) is 3.03. The van der Waals surface area contributed by atoms with Gasteiger partial charge in [0.05, 0.1) is 25.1 Å². The number of nitrogens with one attached hydrogen (secondary N) is 1. The van der Waals surface area contributed by atoms with Crippen molar-refractivity contribution < 1.29 is 9.53 Å². The standard InChI is InChI=1S/C20H26N4O3/c1-20(2,3)15-7-5-14(6-8-15)18(25)22-16-13-21-23(4)19(26)17(16)24-9-11-27-12-10-24/h5-8,13H,9-12H2,1-4H3,(H,22,25). The Kier molecular flexibility index (Phi) is 5.32. The first-order chi connectivity index (χ1) is 12.8. The number of amides is 1. The molecule has 7 heteroatoms. The highest BCUT2D eigenvalue weighted by Crippen LogP contribution is 2.24. The number of carbonyl (C=O) groups is 1. The summed E-state index contributed by atoms with van der Waals surface area (Å²) in [5.41, 5.74) is 2.35. The Bertz CT molecular complexity index is 876. The van der Waals surface area contributed by atoms with Crippen molar-refractivity contribution in [3.05, 3.63) is 51.9 Å². The molecule has 0 atom stereocenters. The van der Waals surface area contributed by atoms with Crippen LogP contribution in [0.2, 0.25) is 0 Å². The third-order valence-corrected chi connectivity index (χ3v) is 4.70. The van der Waals surface area contributed by atoms with Gasteiger partial charge in [-0.2, -0.15) is 5.10 Å². The highest BCUT2D eigenvalue weighted by atomic mass is 16.5. The lowest BCUT2D eigenvalue weighted by Gasteiger charge is -2.29. The molecular weight excluding hydrogens is 344 g/mol. The van der Waals surface area contributed by atoms with Gasteiger partial charge in [0, 0.05) is 25.7 Å². The van der Waals surface area contributed by atoms with Crippen LogP contribution in [0.1, 0.15) is 36.7 Å². The molecule has 2 heterocycles. The number of rotatable bonds is 3. The Balaban J connectivity index is 1.87. The van der Waals surface area contributed by atoms with E-state index in [1.807, 2.05) is 17.0 Å². The van der Waals surface area contributed by atoms with Crippen molar-refractivity contribution >= 4 is 17.3 Å². The second kappa shape index (κ2) is 7.52. The number of hydrogen-bond acceptors (Lipinski definition) is 5. The average molecular weight is 370 g/mol. The summed E-state index contributed by atoms with van der Waals surface area (Å²) in [6.45, 7) is 8.68. The Hall–Kier alpha value is -2.67. The molecule has 1 N–H and O–H groups in total. The van der Waals surface area contributed by atoms with Gasteiger partial charge in [-0.3, -0.25) is 9.59 Å². The van der Waals surface area contributed by atoms with Gasteiger partial charge in [-0.05, 0) is 23.1 Å². The van der Waals surface area contributed by atoms with Crippen molar-refractivity contribution in [1.29, 1.82) is 0 Å². The van der Waals surface area contributed by atoms with Gasteiger partial charge in [-0.1, -0.05) is 32.9 Å². The smallest absolute Gasteiger partial charge is 0.292 e. The number of aromatic nitrogens is 2. The molecule has 7 nitrogen and oxygen atoms in total. The fourth-order valence-corrected chi connectivity index (χ4v) is 3.03. The minimum atomic E-state index is -0.264. The number of morpholine rings is 1. The zero-order chi connectivity index (χ0) is 19.6. The van der Waals surface area contributed by atoms with Crippen LogP contribution in [0.4, 0.5) is 11.4 Å². The molecule has 0 unspecified atom stereocenters. The van der Waals surface area contributed by atoms with Crippen LogP contribution in [0.3, 0.4) is 0 Å². The van der Waals surface area contributed by atoms with Crippen LogP contribution in [0, 0.1) is 0 Å². The minimum absolute atomic E-state index is 0.0219. The third-order valence-electron chi connectivity index (χ3n) is 4.70. The normalized spacial score (nSPS) is 14.9. The van der Waals surface area contributed by atoms with Gasteiger partial charge >= 0.3 is 0 Å². The Morgan fingerprint density at radius 1 is 1.15 bits per heavy atom. The van der Waals surface area contributed by atoms with E-state index in [4.69, 9.17) is 4.74 Å². The van der Waals surface area contributed by atoms with E-state index in [1.54, 1.807) is 19.2 Å². The van der Waals surface area contributed by atoms with Gasteiger partial charge in [-0.25, -0.2) is 4.68 Å². The Labute approximate surface area is 158 Å². The van der Waals surface area contributed by atoms with Gasteiger partial charge in [0.15, 0.2) is 0 Å². The minimum Gasteiger partial charge on any atom is -0.378 e. The molecule has 1 aromatic heterocycles. The van der Waals surface area contributed by atoms with Crippen LogP contribution in [0.5, 0.6) is 0 Å². The van der Waals surface area contributed by atoms with Crippen LogP contribution >= 0.6 is 0 Å². The van der Waals surface area contributed by atoms with Gasteiger partial charge in [0.25, 0.3) is 11.5 Å². The number of benzene rings is 1. The molecule has 0 saturated carbocycles. The maximum atomic E-state index is 12.7. The molecule has 3 rings (SSSR count). The molecule has 1 aliphatic rings. The zero-order valence-corrected chi connectivity index (χ0v) is 16.3. The first-order valence-electron chi connectivity index (χ1n) is 9.08. The summed E-state index contributed by atoms with van der Waals surface area (Å²) in [6, 6.07) is 7.53. The van der Waals surface area contributed by atoms with Crippen LogP contribution < -0.4 is 15.8 Å². The van der Waals surface area contributed by atoms with Crippen LogP contribution in [0.15, 0.2) is 35.3 Å². The van der Waals surface area contributed by atoms with Crippen LogP contribution in [-0.4, -0.2) is 42.0 Å². The lowest BCUT2D eigenvalue weighted by Crippen LogP contribution is -2.41. The van der Waals surface area contributed by atoms with Gasteiger partial charge < -0.3 is 15.0 Å². The molecule has 1 saturated heterocycles. The maximum Gasteiger partial charge on any atom is 0.292 e. The summed E-state index contributed by atoms with van der Waals surface area (Å²) in [5.74, 6) is -0.264. The second-order valence-corrected chi connectivity index (χ2v) is 7.72. The predicted molar refractivity (Wildman–Crippen MR) is 106 cm³/mol.